The zero-order valence-electron chi connectivity index (χ0n) is 14.3. The predicted octanol–water partition coefficient (Wildman–Crippen LogP) is 4.64. The molecule has 1 N–H and O–H groups in total. The van der Waals surface area contributed by atoms with Crippen molar-refractivity contribution in [1.29, 1.82) is 0 Å². The van der Waals surface area contributed by atoms with Crippen LogP contribution >= 0.6 is 11.6 Å². The van der Waals surface area contributed by atoms with Gasteiger partial charge in [-0.05, 0) is 43.2 Å². The van der Waals surface area contributed by atoms with E-state index in [2.05, 4.69) is 10.4 Å². The average molecular weight is 354 g/mol. The maximum atomic E-state index is 12.6. The fourth-order valence-corrected chi connectivity index (χ4v) is 2.86. The summed E-state index contributed by atoms with van der Waals surface area (Å²) in [6, 6.07) is 17.2. The van der Waals surface area contributed by atoms with Gasteiger partial charge in [0.15, 0.2) is 0 Å². The quantitative estimate of drug-likeness (QED) is 0.726. The van der Waals surface area contributed by atoms with Crippen molar-refractivity contribution in [2.24, 2.45) is 0 Å². The number of hydrogen-bond donors (Lipinski definition) is 1. The summed E-state index contributed by atoms with van der Waals surface area (Å²) in [4.78, 5) is 12.6. The van der Waals surface area contributed by atoms with E-state index in [1.165, 1.54) is 0 Å². The lowest BCUT2D eigenvalue weighted by Gasteiger charge is -2.08. The van der Waals surface area contributed by atoms with Gasteiger partial charge in [-0.3, -0.25) is 4.79 Å². The first-order valence-corrected chi connectivity index (χ1v) is 8.68. The molecule has 128 valence electrons. The van der Waals surface area contributed by atoms with Crippen LogP contribution in [-0.2, 0) is 0 Å². The summed E-state index contributed by atoms with van der Waals surface area (Å²) in [5.41, 5.74) is 3.93. The third-order valence-corrected chi connectivity index (χ3v) is 4.20. The molecule has 25 heavy (non-hydrogen) atoms. The normalized spacial score (nSPS) is 10.7. The highest BCUT2D eigenvalue weighted by atomic mass is 35.5. The topological polar surface area (TPSA) is 46.9 Å². The lowest BCUT2D eigenvalue weighted by atomic mass is 10.1. The minimum absolute atomic E-state index is 0.144. The van der Waals surface area contributed by atoms with E-state index in [9.17, 15) is 4.79 Å². The number of amides is 1. The van der Waals surface area contributed by atoms with Crippen LogP contribution in [0.15, 0.2) is 54.6 Å². The maximum absolute atomic E-state index is 12.6. The number of hydrogen-bond acceptors (Lipinski definition) is 2. The number of aromatic nitrogens is 2. The Bertz CT molecular complexity index is 901. The lowest BCUT2D eigenvalue weighted by molar-refractivity contribution is 0.0946. The number of benzene rings is 2. The first-order valence-electron chi connectivity index (χ1n) is 8.30. The van der Waals surface area contributed by atoms with Gasteiger partial charge in [-0.25, -0.2) is 4.68 Å². The smallest absolute Gasteiger partial charge is 0.270 e. The van der Waals surface area contributed by atoms with Gasteiger partial charge < -0.3 is 5.32 Å². The second-order valence-electron chi connectivity index (χ2n) is 5.90. The largest absolute Gasteiger partial charge is 0.351 e. The Morgan fingerprint density at radius 2 is 1.96 bits per heavy atom. The highest BCUT2D eigenvalue weighted by Gasteiger charge is 2.18. The zero-order chi connectivity index (χ0) is 17.8. The third-order valence-electron chi connectivity index (χ3n) is 3.87. The van der Waals surface area contributed by atoms with Crippen LogP contribution in [0.2, 0.25) is 5.02 Å². The molecule has 0 spiro atoms. The van der Waals surface area contributed by atoms with Gasteiger partial charge in [0.25, 0.3) is 5.91 Å². The molecule has 3 rings (SSSR count). The predicted molar refractivity (Wildman–Crippen MR) is 101 cm³/mol. The number of aryl methyl sites for hydroxylation is 1. The SMILES string of the molecule is CCCNC(=O)c1cc(-c2ccccc2Cl)nn1-c1cccc(C)c1. The molecule has 0 aliphatic rings. The van der Waals surface area contributed by atoms with Crippen LogP contribution < -0.4 is 5.32 Å². The molecule has 0 aliphatic heterocycles. The van der Waals surface area contributed by atoms with Crippen LogP contribution in [0, 0.1) is 6.92 Å². The minimum atomic E-state index is -0.144. The Morgan fingerprint density at radius 1 is 1.16 bits per heavy atom. The molecule has 0 bridgehead atoms. The van der Waals surface area contributed by atoms with Crippen molar-refractivity contribution in [2.75, 3.05) is 6.54 Å². The number of carbonyl (C=O) groups excluding carboxylic acids is 1. The van der Waals surface area contributed by atoms with Crippen molar-refractivity contribution in [3.8, 4) is 16.9 Å². The van der Waals surface area contributed by atoms with Crippen molar-refractivity contribution in [3.63, 3.8) is 0 Å². The molecule has 5 heteroatoms. The molecule has 0 atom stereocenters. The van der Waals surface area contributed by atoms with Gasteiger partial charge in [-0.15, -0.1) is 0 Å². The fourth-order valence-electron chi connectivity index (χ4n) is 2.63. The van der Waals surface area contributed by atoms with Gasteiger partial charge in [0.05, 0.1) is 16.4 Å². The molecule has 0 aliphatic carbocycles. The number of nitrogens with one attached hydrogen (secondary N) is 1. The second-order valence-corrected chi connectivity index (χ2v) is 6.31. The van der Waals surface area contributed by atoms with Crippen molar-refractivity contribution >= 4 is 17.5 Å². The maximum Gasteiger partial charge on any atom is 0.270 e. The summed E-state index contributed by atoms with van der Waals surface area (Å²) in [5, 5.41) is 8.18. The summed E-state index contributed by atoms with van der Waals surface area (Å²) >= 11 is 6.30. The number of rotatable bonds is 5. The highest BCUT2D eigenvalue weighted by molar-refractivity contribution is 6.33. The molecule has 0 saturated carbocycles. The Kier molecular flexibility index (Phi) is 5.19. The van der Waals surface area contributed by atoms with Crippen molar-refractivity contribution in [1.82, 2.24) is 15.1 Å². The van der Waals surface area contributed by atoms with E-state index < -0.39 is 0 Å². The van der Waals surface area contributed by atoms with Crippen molar-refractivity contribution in [2.45, 2.75) is 20.3 Å². The van der Waals surface area contributed by atoms with E-state index in [-0.39, 0.29) is 5.91 Å². The standard InChI is InChI=1S/C20H20ClN3O/c1-3-11-22-20(25)19-13-18(16-9-4-5-10-17(16)21)23-24(19)15-8-6-7-14(2)12-15/h4-10,12-13H,3,11H2,1-2H3,(H,22,25). The van der Waals surface area contributed by atoms with Crippen LogP contribution in [0.3, 0.4) is 0 Å². The first kappa shape index (κ1) is 17.2. The molecule has 0 radical (unpaired) electrons. The highest BCUT2D eigenvalue weighted by Crippen LogP contribution is 2.28. The van der Waals surface area contributed by atoms with Crippen LogP contribution in [0.4, 0.5) is 0 Å². The van der Waals surface area contributed by atoms with Crippen LogP contribution in [-0.4, -0.2) is 22.2 Å². The molecule has 4 nitrogen and oxygen atoms in total. The average Bonchev–Trinajstić information content (AvgIpc) is 3.05. The lowest BCUT2D eigenvalue weighted by Crippen LogP contribution is -2.26. The Balaban J connectivity index is 2.11. The Hall–Kier alpha value is -2.59. The Labute approximate surface area is 152 Å². The summed E-state index contributed by atoms with van der Waals surface area (Å²) in [6.07, 6.45) is 0.877. The van der Waals surface area contributed by atoms with E-state index in [0.717, 1.165) is 23.2 Å². The molecule has 2 aromatic carbocycles. The van der Waals surface area contributed by atoms with E-state index in [4.69, 9.17) is 11.6 Å². The zero-order valence-corrected chi connectivity index (χ0v) is 15.0. The molecule has 0 fully saturated rings. The van der Waals surface area contributed by atoms with Gasteiger partial charge in [0, 0.05) is 12.1 Å². The number of halogens is 1. The van der Waals surface area contributed by atoms with Gasteiger partial charge in [-0.1, -0.05) is 48.9 Å². The van der Waals surface area contributed by atoms with E-state index in [0.29, 0.717) is 23.0 Å². The monoisotopic (exact) mass is 353 g/mol. The van der Waals surface area contributed by atoms with Crippen molar-refractivity contribution in [3.05, 3.63) is 70.9 Å². The van der Waals surface area contributed by atoms with Gasteiger partial charge in [0.1, 0.15) is 5.69 Å². The molecular formula is C20H20ClN3O. The molecule has 3 aromatic rings. The van der Waals surface area contributed by atoms with Crippen LogP contribution in [0.5, 0.6) is 0 Å². The molecule has 1 aromatic heterocycles. The van der Waals surface area contributed by atoms with E-state index in [1.807, 2.05) is 62.4 Å². The molecule has 0 saturated heterocycles. The van der Waals surface area contributed by atoms with Gasteiger partial charge in [-0.2, -0.15) is 5.10 Å². The third kappa shape index (κ3) is 3.74. The van der Waals surface area contributed by atoms with Gasteiger partial charge in [0.2, 0.25) is 0 Å². The summed E-state index contributed by atoms with van der Waals surface area (Å²) < 4.78 is 1.68. The minimum Gasteiger partial charge on any atom is -0.351 e. The Morgan fingerprint density at radius 3 is 2.68 bits per heavy atom. The van der Waals surface area contributed by atoms with Crippen molar-refractivity contribution < 1.29 is 4.79 Å². The van der Waals surface area contributed by atoms with E-state index in [1.54, 1.807) is 10.7 Å². The van der Waals surface area contributed by atoms with Gasteiger partial charge >= 0.3 is 0 Å². The number of carbonyl (C=O) groups is 1. The second kappa shape index (κ2) is 7.53. The summed E-state index contributed by atoms with van der Waals surface area (Å²) in [5.74, 6) is -0.144. The molecule has 0 unspecified atom stereocenters. The molecule has 1 amide bonds. The number of nitrogens with zero attached hydrogens (tertiary/aromatic N) is 2. The fraction of sp³-hybridized carbons (Fsp3) is 0.200. The molecule has 1 heterocycles. The van der Waals surface area contributed by atoms with Crippen LogP contribution in [0.25, 0.3) is 16.9 Å². The molecular weight excluding hydrogens is 334 g/mol. The summed E-state index contributed by atoms with van der Waals surface area (Å²) in [6.45, 7) is 4.66. The van der Waals surface area contributed by atoms with E-state index >= 15 is 0 Å². The van der Waals surface area contributed by atoms with Crippen LogP contribution in [0.1, 0.15) is 29.4 Å². The summed E-state index contributed by atoms with van der Waals surface area (Å²) in [7, 11) is 0. The first-order chi connectivity index (χ1) is 12.1.